The lowest BCUT2D eigenvalue weighted by molar-refractivity contribution is -0.141. The quantitative estimate of drug-likeness (QED) is 0.434. The van der Waals surface area contributed by atoms with E-state index in [4.69, 9.17) is 4.74 Å². The van der Waals surface area contributed by atoms with Gasteiger partial charge in [0.15, 0.2) is 0 Å². The van der Waals surface area contributed by atoms with Crippen LogP contribution in [-0.4, -0.2) is 43.6 Å². The Balaban J connectivity index is 2.40. The average molecular weight is 335 g/mol. The van der Waals surface area contributed by atoms with Crippen molar-refractivity contribution < 1.29 is 19.1 Å². The lowest BCUT2D eigenvalue weighted by Crippen LogP contribution is -2.35. The monoisotopic (exact) mass is 335 g/mol. The molecule has 0 fully saturated rings. The molecule has 0 aliphatic heterocycles. The molecule has 0 radical (unpaired) electrons. The summed E-state index contributed by atoms with van der Waals surface area (Å²) in [5, 5.41) is 0. The van der Waals surface area contributed by atoms with Gasteiger partial charge in [0.25, 0.3) is 0 Å². The Morgan fingerprint density at radius 1 is 1.00 bits per heavy atom. The summed E-state index contributed by atoms with van der Waals surface area (Å²) in [6.07, 6.45) is 4.91. The summed E-state index contributed by atoms with van der Waals surface area (Å²) in [4.78, 5) is 25.5. The highest BCUT2D eigenvalue weighted by Crippen LogP contribution is 2.09. The molecule has 0 aliphatic carbocycles. The van der Waals surface area contributed by atoms with Gasteiger partial charge in [0.05, 0.1) is 26.6 Å². The zero-order valence-corrected chi connectivity index (χ0v) is 14.8. The number of carbonyl (C=O) groups is 2. The van der Waals surface area contributed by atoms with Gasteiger partial charge < -0.3 is 14.4 Å². The molecule has 0 heterocycles. The largest absolute Gasteiger partial charge is 0.493 e. The highest BCUT2D eigenvalue weighted by atomic mass is 16.5. The molecule has 0 saturated heterocycles. The molecule has 0 unspecified atom stereocenters. The SMILES string of the molecule is CCCCCCN(CCC(=O)OC)C(=O)CCOc1ccccc1. The van der Waals surface area contributed by atoms with Gasteiger partial charge in [0.2, 0.25) is 5.91 Å². The van der Waals surface area contributed by atoms with Crippen LogP contribution in [0.1, 0.15) is 45.4 Å². The minimum absolute atomic E-state index is 0.0198. The first-order chi connectivity index (χ1) is 11.7. The van der Waals surface area contributed by atoms with Crippen molar-refractivity contribution in [1.29, 1.82) is 0 Å². The maximum absolute atomic E-state index is 12.4. The third kappa shape index (κ3) is 8.56. The van der Waals surface area contributed by atoms with E-state index in [1.54, 1.807) is 4.90 Å². The van der Waals surface area contributed by atoms with Crippen molar-refractivity contribution in [3.05, 3.63) is 30.3 Å². The van der Waals surface area contributed by atoms with Crippen LogP contribution in [0.2, 0.25) is 0 Å². The van der Waals surface area contributed by atoms with Crippen molar-refractivity contribution in [3.63, 3.8) is 0 Å². The summed E-state index contributed by atoms with van der Waals surface area (Å²) in [7, 11) is 1.36. The Labute approximate surface area is 144 Å². The van der Waals surface area contributed by atoms with Crippen LogP contribution in [0.15, 0.2) is 30.3 Å². The molecule has 1 aromatic carbocycles. The fourth-order valence-corrected chi connectivity index (χ4v) is 2.35. The first-order valence-electron chi connectivity index (χ1n) is 8.69. The molecule has 5 nitrogen and oxygen atoms in total. The van der Waals surface area contributed by atoms with Crippen LogP contribution >= 0.6 is 0 Å². The maximum Gasteiger partial charge on any atom is 0.307 e. The molecule has 1 amide bonds. The molecular formula is C19H29NO4. The van der Waals surface area contributed by atoms with Gasteiger partial charge in [-0.15, -0.1) is 0 Å². The lowest BCUT2D eigenvalue weighted by atomic mass is 10.2. The molecular weight excluding hydrogens is 306 g/mol. The van der Waals surface area contributed by atoms with Gasteiger partial charge in [-0.25, -0.2) is 0 Å². The lowest BCUT2D eigenvalue weighted by Gasteiger charge is -2.22. The van der Waals surface area contributed by atoms with E-state index in [-0.39, 0.29) is 18.3 Å². The van der Waals surface area contributed by atoms with Gasteiger partial charge in [-0.2, -0.15) is 0 Å². The second-order valence-electron chi connectivity index (χ2n) is 5.68. The Morgan fingerprint density at radius 3 is 2.42 bits per heavy atom. The highest BCUT2D eigenvalue weighted by Gasteiger charge is 2.15. The van der Waals surface area contributed by atoms with Crippen LogP contribution < -0.4 is 4.74 Å². The summed E-state index contributed by atoms with van der Waals surface area (Å²) in [6.45, 7) is 3.58. The second-order valence-corrected chi connectivity index (χ2v) is 5.68. The molecule has 0 N–H and O–H groups in total. The van der Waals surface area contributed by atoms with Gasteiger partial charge in [-0.3, -0.25) is 9.59 Å². The van der Waals surface area contributed by atoms with Crippen molar-refractivity contribution in [3.8, 4) is 5.75 Å². The molecule has 1 rings (SSSR count). The van der Waals surface area contributed by atoms with Crippen LogP contribution in [0.3, 0.4) is 0 Å². The molecule has 0 atom stereocenters. The Bertz CT molecular complexity index is 476. The minimum atomic E-state index is -0.290. The smallest absolute Gasteiger partial charge is 0.307 e. The first kappa shape index (κ1) is 20.0. The first-order valence-corrected chi connectivity index (χ1v) is 8.69. The number of rotatable bonds is 12. The van der Waals surface area contributed by atoms with Crippen LogP contribution in [-0.2, 0) is 14.3 Å². The number of ether oxygens (including phenoxy) is 2. The van der Waals surface area contributed by atoms with E-state index in [1.807, 2.05) is 30.3 Å². The molecule has 5 heteroatoms. The maximum atomic E-state index is 12.4. The van der Waals surface area contributed by atoms with E-state index in [0.717, 1.165) is 31.4 Å². The van der Waals surface area contributed by atoms with Crippen molar-refractivity contribution >= 4 is 11.9 Å². The summed E-state index contributed by atoms with van der Waals surface area (Å²) >= 11 is 0. The fraction of sp³-hybridized carbons (Fsp3) is 0.579. The summed E-state index contributed by atoms with van der Waals surface area (Å²) < 4.78 is 10.2. The molecule has 0 bridgehead atoms. The Kier molecular flexibility index (Phi) is 10.3. The number of para-hydroxylation sites is 1. The predicted molar refractivity (Wildman–Crippen MR) is 93.9 cm³/mol. The number of esters is 1. The second kappa shape index (κ2) is 12.4. The Hall–Kier alpha value is -2.04. The van der Waals surface area contributed by atoms with E-state index >= 15 is 0 Å². The van der Waals surface area contributed by atoms with Gasteiger partial charge in [-0.05, 0) is 18.6 Å². The Morgan fingerprint density at radius 2 is 1.75 bits per heavy atom. The molecule has 0 aromatic heterocycles. The van der Waals surface area contributed by atoms with Gasteiger partial charge in [0.1, 0.15) is 5.75 Å². The summed E-state index contributed by atoms with van der Waals surface area (Å²) in [6, 6.07) is 9.44. The fourth-order valence-electron chi connectivity index (χ4n) is 2.35. The van der Waals surface area contributed by atoms with E-state index in [1.165, 1.54) is 7.11 Å². The summed E-state index contributed by atoms with van der Waals surface area (Å²) in [5.41, 5.74) is 0. The zero-order chi connectivity index (χ0) is 17.6. The normalized spacial score (nSPS) is 10.2. The van der Waals surface area contributed by atoms with Crippen molar-refractivity contribution in [1.82, 2.24) is 4.90 Å². The number of hydrogen-bond acceptors (Lipinski definition) is 4. The van der Waals surface area contributed by atoms with Crippen molar-refractivity contribution in [2.45, 2.75) is 45.4 Å². The van der Waals surface area contributed by atoms with Crippen LogP contribution in [0.4, 0.5) is 0 Å². The summed E-state index contributed by atoms with van der Waals surface area (Å²) in [5.74, 6) is 0.489. The molecule has 1 aromatic rings. The van der Waals surface area contributed by atoms with Crippen LogP contribution in [0.5, 0.6) is 5.75 Å². The van der Waals surface area contributed by atoms with Crippen LogP contribution in [0, 0.1) is 0 Å². The topological polar surface area (TPSA) is 55.8 Å². The molecule has 0 spiro atoms. The molecule has 0 saturated carbocycles. The predicted octanol–water partition coefficient (Wildman–Crippen LogP) is 3.43. The van der Waals surface area contributed by atoms with E-state index in [9.17, 15) is 9.59 Å². The average Bonchev–Trinajstić information content (AvgIpc) is 2.61. The number of hydrogen-bond donors (Lipinski definition) is 0. The number of carbonyl (C=O) groups excluding carboxylic acids is 2. The van der Waals surface area contributed by atoms with E-state index in [0.29, 0.717) is 26.1 Å². The number of unbranched alkanes of at least 4 members (excludes halogenated alkanes) is 3. The molecule has 0 aliphatic rings. The van der Waals surface area contributed by atoms with Gasteiger partial charge in [0, 0.05) is 13.1 Å². The molecule has 134 valence electrons. The number of methoxy groups -OCH3 is 1. The standard InChI is InChI=1S/C19H29NO4/c1-3-4-5-9-14-20(15-12-19(22)23-2)18(21)13-16-24-17-10-7-6-8-11-17/h6-8,10-11H,3-5,9,12-16H2,1-2H3. The minimum Gasteiger partial charge on any atom is -0.493 e. The third-order valence-electron chi connectivity index (χ3n) is 3.78. The van der Waals surface area contributed by atoms with E-state index < -0.39 is 0 Å². The van der Waals surface area contributed by atoms with Gasteiger partial charge in [-0.1, -0.05) is 44.4 Å². The van der Waals surface area contributed by atoms with E-state index in [2.05, 4.69) is 11.7 Å². The number of benzene rings is 1. The van der Waals surface area contributed by atoms with Crippen molar-refractivity contribution in [2.24, 2.45) is 0 Å². The zero-order valence-electron chi connectivity index (χ0n) is 14.8. The number of nitrogens with zero attached hydrogens (tertiary/aromatic N) is 1. The molecule has 24 heavy (non-hydrogen) atoms. The van der Waals surface area contributed by atoms with Crippen molar-refractivity contribution in [2.75, 3.05) is 26.8 Å². The highest BCUT2D eigenvalue weighted by molar-refractivity contribution is 5.77. The number of amides is 1. The third-order valence-corrected chi connectivity index (χ3v) is 3.78. The van der Waals surface area contributed by atoms with Gasteiger partial charge >= 0.3 is 5.97 Å². The van der Waals surface area contributed by atoms with Crippen LogP contribution in [0.25, 0.3) is 0 Å².